The first-order valence-corrected chi connectivity index (χ1v) is 13.7. The first kappa shape index (κ1) is 23.3. The van der Waals surface area contributed by atoms with E-state index in [0.717, 1.165) is 56.0 Å². The summed E-state index contributed by atoms with van der Waals surface area (Å²) in [7, 11) is 0. The van der Waals surface area contributed by atoms with E-state index in [9.17, 15) is 0 Å². The highest BCUT2D eigenvalue weighted by Gasteiger charge is 2.14. The van der Waals surface area contributed by atoms with Crippen LogP contribution in [0, 0.1) is 0 Å². The SMILES string of the molecule is c1ccc(-c2cc(-c3ccc(-n4c5ccccc5c5cccnc54)cc3)cc(-c3cccc4ccccc34)n2)nc1. The fourth-order valence-electron chi connectivity index (χ4n) is 5.79. The zero-order chi connectivity index (χ0) is 27.2. The molecule has 0 amide bonds. The lowest BCUT2D eigenvalue weighted by Crippen LogP contribution is -1.96. The van der Waals surface area contributed by atoms with Crippen LogP contribution in [0.4, 0.5) is 0 Å². The minimum Gasteiger partial charge on any atom is -0.294 e. The molecule has 8 rings (SSSR count). The van der Waals surface area contributed by atoms with Gasteiger partial charge in [-0.2, -0.15) is 0 Å². The highest BCUT2D eigenvalue weighted by Crippen LogP contribution is 2.35. The van der Waals surface area contributed by atoms with E-state index < -0.39 is 0 Å². The summed E-state index contributed by atoms with van der Waals surface area (Å²) in [5.74, 6) is 0. The van der Waals surface area contributed by atoms with Crippen molar-refractivity contribution in [3.63, 3.8) is 0 Å². The highest BCUT2D eigenvalue weighted by molar-refractivity contribution is 6.07. The lowest BCUT2D eigenvalue weighted by atomic mass is 9.97. The number of hydrogen-bond donors (Lipinski definition) is 0. The zero-order valence-electron chi connectivity index (χ0n) is 22.1. The van der Waals surface area contributed by atoms with Crippen molar-refractivity contribution in [2.24, 2.45) is 0 Å². The topological polar surface area (TPSA) is 43.6 Å². The van der Waals surface area contributed by atoms with Crippen molar-refractivity contribution in [3.8, 4) is 39.5 Å². The van der Waals surface area contributed by atoms with Gasteiger partial charge in [0, 0.05) is 34.4 Å². The summed E-state index contributed by atoms with van der Waals surface area (Å²) in [6, 6.07) is 46.4. The Bertz CT molecular complexity index is 2140. The number of fused-ring (bicyclic) bond motifs is 4. The van der Waals surface area contributed by atoms with E-state index in [1.54, 1.807) is 0 Å². The molecule has 41 heavy (non-hydrogen) atoms. The molecule has 0 bridgehead atoms. The molecule has 8 aromatic rings. The van der Waals surface area contributed by atoms with Gasteiger partial charge in [0.25, 0.3) is 0 Å². The maximum absolute atomic E-state index is 5.10. The van der Waals surface area contributed by atoms with Crippen molar-refractivity contribution in [2.75, 3.05) is 0 Å². The van der Waals surface area contributed by atoms with Gasteiger partial charge in [-0.25, -0.2) is 9.97 Å². The normalized spacial score (nSPS) is 11.4. The van der Waals surface area contributed by atoms with Gasteiger partial charge >= 0.3 is 0 Å². The predicted octanol–water partition coefficient (Wildman–Crippen LogP) is 9.12. The second-order valence-corrected chi connectivity index (χ2v) is 10.1. The monoisotopic (exact) mass is 524 g/mol. The molecular formula is C37H24N4. The van der Waals surface area contributed by atoms with Crippen LogP contribution in [0.5, 0.6) is 0 Å². The van der Waals surface area contributed by atoms with E-state index in [2.05, 4.69) is 119 Å². The highest BCUT2D eigenvalue weighted by atomic mass is 15.0. The van der Waals surface area contributed by atoms with Gasteiger partial charge in [0.05, 0.1) is 22.6 Å². The zero-order valence-corrected chi connectivity index (χ0v) is 22.1. The molecule has 0 N–H and O–H groups in total. The van der Waals surface area contributed by atoms with Crippen LogP contribution in [0.15, 0.2) is 146 Å². The molecule has 4 nitrogen and oxygen atoms in total. The molecule has 0 saturated carbocycles. The minimum atomic E-state index is 0.849. The maximum Gasteiger partial charge on any atom is 0.145 e. The number of rotatable bonds is 4. The van der Waals surface area contributed by atoms with E-state index in [1.165, 1.54) is 16.2 Å². The molecule has 4 heteroatoms. The second-order valence-electron chi connectivity index (χ2n) is 10.1. The van der Waals surface area contributed by atoms with Crippen LogP contribution in [0.25, 0.3) is 72.2 Å². The molecule has 0 radical (unpaired) electrons. The summed E-state index contributed by atoms with van der Waals surface area (Å²) in [5.41, 5.74) is 9.12. The Balaban J connectivity index is 1.29. The molecular weight excluding hydrogens is 500 g/mol. The molecule has 0 spiro atoms. The van der Waals surface area contributed by atoms with E-state index >= 15 is 0 Å². The molecule has 192 valence electrons. The standard InChI is InChI=1S/C37H24N4/c1-2-11-29-26(9-1)10-7-13-30(29)34-23-27(24-35(40-34)33-15-5-6-21-38-33)25-17-19-28(20-18-25)41-36-16-4-3-12-31(36)32-14-8-22-39-37(32)41/h1-24H. The van der Waals surface area contributed by atoms with Crippen LogP contribution in [-0.4, -0.2) is 19.5 Å². The summed E-state index contributed by atoms with van der Waals surface area (Å²) in [6.45, 7) is 0. The van der Waals surface area contributed by atoms with E-state index in [1.807, 2.05) is 36.7 Å². The number of nitrogens with zero attached hydrogens (tertiary/aromatic N) is 4. The summed E-state index contributed by atoms with van der Waals surface area (Å²) >= 11 is 0. The summed E-state index contributed by atoms with van der Waals surface area (Å²) in [4.78, 5) is 14.5. The Labute approximate surface area is 237 Å². The van der Waals surface area contributed by atoms with E-state index in [4.69, 9.17) is 9.97 Å². The Morgan fingerprint density at radius 1 is 0.463 bits per heavy atom. The average Bonchev–Trinajstić information content (AvgIpc) is 3.39. The largest absolute Gasteiger partial charge is 0.294 e. The Morgan fingerprint density at radius 2 is 1.20 bits per heavy atom. The van der Waals surface area contributed by atoms with Gasteiger partial charge in [-0.1, -0.05) is 78.9 Å². The van der Waals surface area contributed by atoms with Gasteiger partial charge in [0.1, 0.15) is 5.65 Å². The molecule has 0 atom stereocenters. The molecule has 4 heterocycles. The van der Waals surface area contributed by atoms with Crippen molar-refractivity contribution >= 4 is 32.7 Å². The molecule has 0 aliphatic rings. The van der Waals surface area contributed by atoms with Gasteiger partial charge in [-0.15, -0.1) is 0 Å². The van der Waals surface area contributed by atoms with Crippen molar-refractivity contribution in [1.29, 1.82) is 0 Å². The lowest BCUT2D eigenvalue weighted by molar-refractivity contribution is 1.14. The van der Waals surface area contributed by atoms with Crippen LogP contribution < -0.4 is 0 Å². The fourth-order valence-corrected chi connectivity index (χ4v) is 5.79. The number of para-hydroxylation sites is 1. The molecule has 4 aromatic carbocycles. The number of aromatic nitrogens is 4. The van der Waals surface area contributed by atoms with Crippen molar-refractivity contribution in [3.05, 3.63) is 146 Å². The van der Waals surface area contributed by atoms with Gasteiger partial charge in [0.2, 0.25) is 0 Å². The van der Waals surface area contributed by atoms with Crippen LogP contribution >= 0.6 is 0 Å². The third kappa shape index (κ3) is 3.97. The van der Waals surface area contributed by atoms with Gasteiger partial charge in [0.15, 0.2) is 0 Å². The van der Waals surface area contributed by atoms with Crippen molar-refractivity contribution in [1.82, 2.24) is 19.5 Å². The van der Waals surface area contributed by atoms with Crippen molar-refractivity contribution < 1.29 is 0 Å². The lowest BCUT2D eigenvalue weighted by Gasteiger charge is -2.13. The molecule has 0 saturated heterocycles. The predicted molar refractivity (Wildman–Crippen MR) is 168 cm³/mol. The minimum absolute atomic E-state index is 0.849. The smallest absolute Gasteiger partial charge is 0.145 e. The molecule has 0 unspecified atom stereocenters. The Hall–Kier alpha value is -5.61. The fraction of sp³-hybridized carbons (Fsp3) is 0. The summed E-state index contributed by atoms with van der Waals surface area (Å²) in [5, 5.41) is 4.73. The Kier molecular flexibility index (Phi) is 5.42. The first-order chi connectivity index (χ1) is 20.3. The third-order valence-electron chi connectivity index (χ3n) is 7.71. The van der Waals surface area contributed by atoms with Crippen LogP contribution in [0.3, 0.4) is 0 Å². The van der Waals surface area contributed by atoms with Crippen molar-refractivity contribution in [2.45, 2.75) is 0 Å². The average molecular weight is 525 g/mol. The van der Waals surface area contributed by atoms with Gasteiger partial charge < -0.3 is 0 Å². The molecule has 0 aliphatic carbocycles. The first-order valence-electron chi connectivity index (χ1n) is 13.7. The quantitative estimate of drug-likeness (QED) is 0.231. The van der Waals surface area contributed by atoms with Crippen LogP contribution in [0.2, 0.25) is 0 Å². The van der Waals surface area contributed by atoms with E-state index in [0.29, 0.717) is 0 Å². The summed E-state index contributed by atoms with van der Waals surface area (Å²) in [6.07, 6.45) is 3.67. The van der Waals surface area contributed by atoms with Crippen LogP contribution in [0.1, 0.15) is 0 Å². The number of hydrogen-bond acceptors (Lipinski definition) is 3. The second kappa shape index (κ2) is 9.54. The van der Waals surface area contributed by atoms with E-state index in [-0.39, 0.29) is 0 Å². The number of pyridine rings is 3. The maximum atomic E-state index is 5.10. The number of benzene rings is 4. The molecule has 0 fully saturated rings. The molecule has 0 aliphatic heterocycles. The van der Waals surface area contributed by atoms with Gasteiger partial charge in [-0.05, 0) is 76.5 Å². The Morgan fingerprint density at radius 3 is 2.07 bits per heavy atom. The van der Waals surface area contributed by atoms with Gasteiger partial charge in [-0.3, -0.25) is 9.55 Å². The third-order valence-corrected chi connectivity index (χ3v) is 7.71. The summed E-state index contributed by atoms with van der Waals surface area (Å²) < 4.78 is 2.24. The molecule has 4 aromatic heterocycles. The van der Waals surface area contributed by atoms with Crippen LogP contribution in [-0.2, 0) is 0 Å².